The van der Waals surface area contributed by atoms with E-state index in [2.05, 4.69) is 4.98 Å². The molecule has 0 fully saturated rings. The fourth-order valence-corrected chi connectivity index (χ4v) is 2.20. The minimum absolute atomic E-state index is 0.0336. The van der Waals surface area contributed by atoms with Gasteiger partial charge in [-0.2, -0.15) is 0 Å². The van der Waals surface area contributed by atoms with Gasteiger partial charge in [0.15, 0.2) is 0 Å². The summed E-state index contributed by atoms with van der Waals surface area (Å²) in [5.74, 6) is -1.65. The monoisotopic (exact) mass is 317 g/mol. The predicted octanol–water partition coefficient (Wildman–Crippen LogP) is 4.52. The first kappa shape index (κ1) is 14.3. The summed E-state index contributed by atoms with van der Waals surface area (Å²) < 4.78 is 18.5. The molecule has 0 spiro atoms. The van der Waals surface area contributed by atoms with Crippen LogP contribution in [0.1, 0.15) is 10.4 Å². The van der Waals surface area contributed by atoms with Crippen molar-refractivity contribution in [2.24, 2.45) is 0 Å². The van der Waals surface area contributed by atoms with Crippen LogP contribution in [0.25, 0.3) is 10.9 Å². The maximum atomic E-state index is 13.1. The topological polar surface area (TPSA) is 59.4 Å². The molecule has 1 N–H and O–H groups in total. The van der Waals surface area contributed by atoms with Crippen LogP contribution < -0.4 is 4.74 Å². The average Bonchev–Trinajstić information content (AvgIpc) is 2.49. The maximum absolute atomic E-state index is 13.1. The third kappa shape index (κ3) is 2.71. The summed E-state index contributed by atoms with van der Waals surface area (Å²) in [5.41, 5.74) is 0.486. The predicted molar refractivity (Wildman–Crippen MR) is 80.2 cm³/mol. The summed E-state index contributed by atoms with van der Waals surface area (Å²) in [6, 6.07) is 12.1. The van der Waals surface area contributed by atoms with E-state index < -0.39 is 11.8 Å². The number of nitrogens with zero attached hydrogens (tertiary/aromatic N) is 1. The number of aromatic carboxylic acids is 1. The van der Waals surface area contributed by atoms with E-state index in [4.69, 9.17) is 16.3 Å². The third-order valence-electron chi connectivity index (χ3n) is 3.02. The highest BCUT2D eigenvalue weighted by Crippen LogP contribution is 2.32. The first-order valence-electron chi connectivity index (χ1n) is 6.30. The second-order valence-electron chi connectivity index (χ2n) is 4.52. The fraction of sp³-hybridized carbons (Fsp3) is 0. The minimum Gasteiger partial charge on any atom is -0.477 e. The molecule has 0 amide bonds. The van der Waals surface area contributed by atoms with Crippen LogP contribution in [0.2, 0.25) is 5.02 Å². The highest BCUT2D eigenvalue weighted by molar-refractivity contribution is 6.32. The number of rotatable bonds is 3. The Morgan fingerprint density at radius 3 is 2.68 bits per heavy atom. The molecular formula is C16H9ClFNO3. The Balaban J connectivity index is 2.12. The van der Waals surface area contributed by atoms with Gasteiger partial charge in [-0.25, -0.2) is 14.2 Å². The highest BCUT2D eigenvalue weighted by atomic mass is 35.5. The number of benzene rings is 2. The summed E-state index contributed by atoms with van der Waals surface area (Å²) >= 11 is 5.89. The number of halogens is 2. The van der Waals surface area contributed by atoms with E-state index in [0.717, 1.165) is 6.07 Å². The van der Waals surface area contributed by atoms with Gasteiger partial charge < -0.3 is 9.84 Å². The molecule has 1 heterocycles. The van der Waals surface area contributed by atoms with Gasteiger partial charge in [0.2, 0.25) is 5.88 Å². The number of hydrogen-bond acceptors (Lipinski definition) is 3. The Morgan fingerprint density at radius 1 is 1.18 bits per heavy atom. The molecule has 4 nitrogen and oxygen atoms in total. The lowest BCUT2D eigenvalue weighted by Gasteiger charge is -2.10. The van der Waals surface area contributed by atoms with Crippen molar-refractivity contribution in [2.75, 3.05) is 0 Å². The van der Waals surface area contributed by atoms with Crippen molar-refractivity contribution in [1.82, 2.24) is 4.98 Å². The molecule has 0 aliphatic carbocycles. The number of para-hydroxylation sites is 1. The normalized spacial score (nSPS) is 10.6. The molecule has 0 saturated heterocycles. The average molecular weight is 318 g/mol. The van der Waals surface area contributed by atoms with E-state index in [1.807, 2.05) is 0 Å². The molecule has 110 valence electrons. The van der Waals surface area contributed by atoms with E-state index in [0.29, 0.717) is 10.9 Å². The lowest BCUT2D eigenvalue weighted by Crippen LogP contribution is -2.02. The summed E-state index contributed by atoms with van der Waals surface area (Å²) in [6.45, 7) is 0. The number of aromatic nitrogens is 1. The molecule has 0 bridgehead atoms. The van der Waals surface area contributed by atoms with Crippen LogP contribution in [0.4, 0.5) is 4.39 Å². The Hall–Kier alpha value is -2.66. The van der Waals surface area contributed by atoms with Crippen LogP contribution >= 0.6 is 11.6 Å². The Kier molecular flexibility index (Phi) is 3.65. The molecular weight excluding hydrogens is 309 g/mol. The first-order valence-corrected chi connectivity index (χ1v) is 6.68. The zero-order valence-electron chi connectivity index (χ0n) is 11.1. The largest absolute Gasteiger partial charge is 0.477 e. The number of pyridine rings is 1. The third-order valence-corrected chi connectivity index (χ3v) is 3.32. The van der Waals surface area contributed by atoms with Crippen molar-refractivity contribution >= 4 is 28.5 Å². The molecule has 0 radical (unpaired) electrons. The molecule has 6 heteroatoms. The van der Waals surface area contributed by atoms with Crippen molar-refractivity contribution in [2.45, 2.75) is 0 Å². The molecule has 22 heavy (non-hydrogen) atoms. The standard InChI is InChI=1S/C16H9ClFNO3/c17-12-8-10(18)5-6-14(12)22-15-11(16(20)21)7-9-3-1-2-4-13(9)19-15/h1-8H,(H,20,21). The quantitative estimate of drug-likeness (QED) is 0.771. The summed E-state index contributed by atoms with van der Waals surface area (Å²) in [6.07, 6.45) is 0. The molecule has 0 saturated carbocycles. The summed E-state index contributed by atoms with van der Waals surface area (Å²) in [4.78, 5) is 15.6. The second-order valence-corrected chi connectivity index (χ2v) is 4.92. The highest BCUT2D eigenvalue weighted by Gasteiger charge is 2.16. The van der Waals surface area contributed by atoms with Crippen LogP contribution in [0, 0.1) is 5.82 Å². The zero-order chi connectivity index (χ0) is 15.7. The van der Waals surface area contributed by atoms with Crippen LogP contribution in [-0.4, -0.2) is 16.1 Å². The van der Waals surface area contributed by atoms with Crippen molar-refractivity contribution in [3.8, 4) is 11.6 Å². The molecule has 3 aromatic rings. The maximum Gasteiger partial charge on any atom is 0.341 e. The second kappa shape index (κ2) is 5.61. The minimum atomic E-state index is -1.17. The van der Waals surface area contributed by atoms with Crippen molar-refractivity contribution in [3.63, 3.8) is 0 Å². The number of ether oxygens (including phenoxy) is 1. The summed E-state index contributed by atoms with van der Waals surface area (Å²) in [7, 11) is 0. The molecule has 1 aromatic heterocycles. The molecule has 2 aromatic carbocycles. The summed E-state index contributed by atoms with van der Waals surface area (Å²) in [5, 5.41) is 10.0. The molecule has 0 atom stereocenters. The van der Waals surface area contributed by atoms with Crippen molar-refractivity contribution in [3.05, 3.63) is 64.9 Å². The number of carboxylic acids is 1. The van der Waals surface area contributed by atoms with E-state index in [9.17, 15) is 14.3 Å². The van der Waals surface area contributed by atoms with Gasteiger partial charge in [-0.15, -0.1) is 0 Å². The lowest BCUT2D eigenvalue weighted by atomic mass is 10.1. The van der Waals surface area contributed by atoms with Gasteiger partial charge in [0, 0.05) is 5.39 Å². The molecule has 0 aliphatic rings. The van der Waals surface area contributed by atoms with Crippen molar-refractivity contribution < 1.29 is 19.0 Å². The number of hydrogen-bond donors (Lipinski definition) is 1. The van der Waals surface area contributed by atoms with E-state index in [1.54, 1.807) is 24.3 Å². The van der Waals surface area contributed by atoms with E-state index in [1.165, 1.54) is 18.2 Å². The Bertz CT molecular complexity index is 882. The van der Waals surface area contributed by atoms with Gasteiger partial charge in [0.25, 0.3) is 0 Å². The van der Waals surface area contributed by atoms with Crippen LogP contribution in [0.3, 0.4) is 0 Å². The number of fused-ring (bicyclic) bond motifs is 1. The van der Waals surface area contributed by atoms with Gasteiger partial charge >= 0.3 is 5.97 Å². The first-order chi connectivity index (χ1) is 10.5. The zero-order valence-corrected chi connectivity index (χ0v) is 11.8. The smallest absolute Gasteiger partial charge is 0.341 e. The van der Waals surface area contributed by atoms with Crippen LogP contribution in [0.15, 0.2) is 48.5 Å². The molecule has 0 unspecified atom stereocenters. The molecule has 0 aliphatic heterocycles. The number of carbonyl (C=O) groups is 1. The molecule has 3 rings (SSSR count). The van der Waals surface area contributed by atoms with E-state index >= 15 is 0 Å². The number of carboxylic acid groups (broad SMARTS) is 1. The van der Waals surface area contributed by atoms with Crippen LogP contribution in [0.5, 0.6) is 11.6 Å². The van der Waals surface area contributed by atoms with Gasteiger partial charge in [-0.3, -0.25) is 0 Å². The Labute approximate surface area is 129 Å². The van der Waals surface area contributed by atoms with Gasteiger partial charge in [0.1, 0.15) is 17.1 Å². The van der Waals surface area contributed by atoms with Gasteiger partial charge in [-0.05, 0) is 30.3 Å². The van der Waals surface area contributed by atoms with Crippen molar-refractivity contribution in [1.29, 1.82) is 0 Å². The lowest BCUT2D eigenvalue weighted by molar-refractivity contribution is 0.0693. The van der Waals surface area contributed by atoms with Gasteiger partial charge in [-0.1, -0.05) is 29.8 Å². The SMILES string of the molecule is O=C(O)c1cc2ccccc2nc1Oc1ccc(F)cc1Cl. The van der Waals surface area contributed by atoms with E-state index in [-0.39, 0.29) is 22.2 Å². The van der Waals surface area contributed by atoms with Crippen LogP contribution in [-0.2, 0) is 0 Å². The fourth-order valence-electron chi connectivity index (χ4n) is 1.99. The van der Waals surface area contributed by atoms with Gasteiger partial charge in [0.05, 0.1) is 10.5 Å². The Morgan fingerprint density at radius 2 is 1.95 bits per heavy atom.